The van der Waals surface area contributed by atoms with Gasteiger partial charge in [-0.25, -0.2) is 9.59 Å². The zero-order chi connectivity index (χ0) is 27.1. The zero-order valence-corrected chi connectivity index (χ0v) is 21.9. The van der Waals surface area contributed by atoms with E-state index in [1.807, 2.05) is 36.4 Å². The predicted octanol–water partition coefficient (Wildman–Crippen LogP) is 4.27. The monoisotopic (exact) mass is 556 g/mol. The summed E-state index contributed by atoms with van der Waals surface area (Å²) in [6, 6.07) is 16.5. The average Bonchev–Trinajstić information content (AvgIpc) is 2.92. The second kappa shape index (κ2) is 12.6. The first-order valence-corrected chi connectivity index (χ1v) is 12.7. The molecule has 1 fully saturated rings. The number of benzene rings is 2. The highest BCUT2D eigenvalue weighted by Gasteiger charge is 2.25. The molecule has 38 heavy (non-hydrogen) atoms. The lowest BCUT2D eigenvalue weighted by Gasteiger charge is -2.35. The second-order valence-electron chi connectivity index (χ2n) is 8.69. The molecule has 1 saturated heterocycles. The van der Waals surface area contributed by atoms with Gasteiger partial charge in [0.05, 0.1) is 27.5 Å². The molecule has 11 heteroatoms. The van der Waals surface area contributed by atoms with E-state index >= 15 is 0 Å². The number of carbonyl (C=O) groups excluding carboxylic acids is 2. The molecule has 0 radical (unpaired) electrons. The number of carbonyl (C=O) groups is 3. The van der Waals surface area contributed by atoms with Crippen molar-refractivity contribution in [3.8, 4) is 0 Å². The Morgan fingerprint density at radius 2 is 1.63 bits per heavy atom. The Balaban J connectivity index is 1.29. The van der Waals surface area contributed by atoms with Crippen LogP contribution in [0.3, 0.4) is 0 Å². The van der Waals surface area contributed by atoms with Crippen LogP contribution in [0.25, 0.3) is 0 Å². The number of anilines is 1. The molecule has 0 saturated carbocycles. The van der Waals surface area contributed by atoms with Crippen LogP contribution >= 0.6 is 23.2 Å². The number of halogens is 2. The van der Waals surface area contributed by atoms with E-state index in [2.05, 4.69) is 15.2 Å². The van der Waals surface area contributed by atoms with Crippen molar-refractivity contribution in [3.05, 3.63) is 93.7 Å². The van der Waals surface area contributed by atoms with E-state index in [1.54, 1.807) is 23.2 Å². The Morgan fingerprint density at radius 3 is 2.24 bits per heavy atom. The number of aromatic nitrogens is 1. The molecular formula is C27H26Cl2N4O5. The third kappa shape index (κ3) is 6.93. The fraction of sp³-hybridized carbons (Fsp3) is 0.259. The maximum atomic E-state index is 12.6. The minimum absolute atomic E-state index is 0.0217. The van der Waals surface area contributed by atoms with Gasteiger partial charge in [-0.3, -0.25) is 9.78 Å². The fourth-order valence-corrected chi connectivity index (χ4v) is 4.61. The number of piperazine rings is 1. The van der Waals surface area contributed by atoms with Crippen molar-refractivity contribution >= 4 is 46.9 Å². The largest absolute Gasteiger partial charge is 0.480 e. The molecular weight excluding hydrogens is 531 g/mol. The standard InChI is InChI=1S/C27H26Cl2N4O5/c28-21-7-4-8-22(29)24(21)25(34)31-23(26(35)36)15-19-9-10-20(16-30-19)32-11-13-33(14-12-32)27(37)38-17-18-5-2-1-3-6-18/h1-10,16,23H,11-15,17H2,(H,31,34)(H,35,36)/t23-/m0/s1. The van der Waals surface area contributed by atoms with Gasteiger partial charge < -0.3 is 25.0 Å². The van der Waals surface area contributed by atoms with E-state index < -0.39 is 17.9 Å². The molecule has 2 heterocycles. The fourth-order valence-electron chi connectivity index (χ4n) is 4.04. The number of pyridine rings is 1. The first kappa shape index (κ1) is 27.2. The van der Waals surface area contributed by atoms with Crippen molar-refractivity contribution < 1.29 is 24.2 Å². The van der Waals surface area contributed by atoms with E-state index in [-0.39, 0.29) is 34.7 Å². The van der Waals surface area contributed by atoms with Gasteiger partial charge in [0.25, 0.3) is 5.91 Å². The maximum Gasteiger partial charge on any atom is 0.410 e. The van der Waals surface area contributed by atoms with Crippen LogP contribution in [-0.4, -0.2) is 65.2 Å². The normalized spacial score (nSPS) is 14.1. The number of nitrogens with one attached hydrogen (secondary N) is 1. The summed E-state index contributed by atoms with van der Waals surface area (Å²) in [4.78, 5) is 45.0. The van der Waals surface area contributed by atoms with Gasteiger partial charge in [0.2, 0.25) is 0 Å². The van der Waals surface area contributed by atoms with Crippen molar-refractivity contribution in [2.75, 3.05) is 31.1 Å². The van der Waals surface area contributed by atoms with Gasteiger partial charge in [0, 0.05) is 38.3 Å². The molecule has 4 rings (SSSR count). The quantitative estimate of drug-likeness (QED) is 0.426. The highest BCUT2D eigenvalue weighted by Crippen LogP contribution is 2.24. The molecule has 1 aromatic heterocycles. The van der Waals surface area contributed by atoms with Gasteiger partial charge >= 0.3 is 12.1 Å². The molecule has 0 spiro atoms. The molecule has 198 valence electrons. The molecule has 3 aromatic rings. The van der Waals surface area contributed by atoms with Crippen molar-refractivity contribution in [1.29, 1.82) is 0 Å². The van der Waals surface area contributed by atoms with E-state index in [0.717, 1.165) is 11.3 Å². The third-order valence-electron chi connectivity index (χ3n) is 6.12. The minimum Gasteiger partial charge on any atom is -0.480 e. The van der Waals surface area contributed by atoms with E-state index in [0.29, 0.717) is 31.9 Å². The molecule has 0 aliphatic carbocycles. The summed E-state index contributed by atoms with van der Waals surface area (Å²) in [6.45, 7) is 2.45. The molecule has 9 nitrogen and oxygen atoms in total. The number of ether oxygens (including phenoxy) is 1. The van der Waals surface area contributed by atoms with Crippen LogP contribution < -0.4 is 10.2 Å². The van der Waals surface area contributed by atoms with E-state index in [1.165, 1.54) is 12.1 Å². The number of amides is 2. The van der Waals surface area contributed by atoms with Gasteiger partial charge in [-0.15, -0.1) is 0 Å². The number of hydrogen-bond acceptors (Lipinski definition) is 6. The summed E-state index contributed by atoms with van der Waals surface area (Å²) in [7, 11) is 0. The molecule has 1 aliphatic rings. The molecule has 1 aliphatic heterocycles. The second-order valence-corrected chi connectivity index (χ2v) is 9.50. The predicted molar refractivity (Wildman–Crippen MR) is 144 cm³/mol. The van der Waals surface area contributed by atoms with Crippen LogP contribution in [-0.2, 0) is 22.6 Å². The molecule has 2 amide bonds. The highest BCUT2D eigenvalue weighted by molar-refractivity contribution is 6.39. The Kier molecular flexibility index (Phi) is 9.04. The summed E-state index contributed by atoms with van der Waals surface area (Å²) < 4.78 is 5.41. The topological polar surface area (TPSA) is 112 Å². The smallest absolute Gasteiger partial charge is 0.410 e. The van der Waals surface area contributed by atoms with Crippen molar-refractivity contribution in [2.45, 2.75) is 19.1 Å². The Labute approximate surface area is 229 Å². The van der Waals surface area contributed by atoms with Crippen LogP contribution in [0.15, 0.2) is 66.9 Å². The van der Waals surface area contributed by atoms with Crippen LogP contribution in [0.2, 0.25) is 10.0 Å². The number of carboxylic acids is 1. The number of rotatable bonds is 8. The third-order valence-corrected chi connectivity index (χ3v) is 6.75. The molecule has 0 unspecified atom stereocenters. The van der Waals surface area contributed by atoms with Gasteiger partial charge in [-0.05, 0) is 29.8 Å². The molecule has 2 aromatic carbocycles. The lowest BCUT2D eigenvalue weighted by molar-refractivity contribution is -0.139. The molecule has 1 atom stereocenters. The Morgan fingerprint density at radius 1 is 0.947 bits per heavy atom. The number of hydrogen-bond donors (Lipinski definition) is 2. The summed E-state index contributed by atoms with van der Waals surface area (Å²) in [5, 5.41) is 12.4. The van der Waals surface area contributed by atoms with Gasteiger partial charge in [0.1, 0.15) is 12.6 Å². The Bertz CT molecular complexity index is 1260. The van der Waals surface area contributed by atoms with Gasteiger partial charge in [-0.2, -0.15) is 0 Å². The average molecular weight is 557 g/mol. The van der Waals surface area contributed by atoms with E-state index in [4.69, 9.17) is 27.9 Å². The number of nitrogens with zero attached hydrogens (tertiary/aromatic N) is 3. The zero-order valence-electron chi connectivity index (χ0n) is 20.3. The van der Waals surface area contributed by atoms with Crippen LogP contribution in [0.4, 0.5) is 10.5 Å². The SMILES string of the molecule is O=C(N[C@@H](Cc1ccc(N2CCN(C(=O)OCc3ccccc3)CC2)cn1)C(=O)O)c1c(Cl)cccc1Cl. The van der Waals surface area contributed by atoms with Crippen LogP contribution in [0, 0.1) is 0 Å². The summed E-state index contributed by atoms with van der Waals surface area (Å²) in [6.07, 6.45) is 1.29. The number of carboxylic acid groups (broad SMARTS) is 1. The summed E-state index contributed by atoms with van der Waals surface area (Å²) in [5.74, 6) is -1.88. The van der Waals surface area contributed by atoms with E-state index in [9.17, 15) is 19.5 Å². The number of aliphatic carboxylic acids is 1. The lowest BCUT2D eigenvalue weighted by atomic mass is 10.1. The highest BCUT2D eigenvalue weighted by atomic mass is 35.5. The summed E-state index contributed by atoms with van der Waals surface area (Å²) >= 11 is 12.1. The molecule has 2 N–H and O–H groups in total. The maximum absolute atomic E-state index is 12.6. The van der Waals surface area contributed by atoms with Crippen molar-refractivity contribution in [1.82, 2.24) is 15.2 Å². The van der Waals surface area contributed by atoms with Crippen molar-refractivity contribution in [2.24, 2.45) is 0 Å². The Hall–Kier alpha value is -3.82. The first-order chi connectivity index (χ1) is 18.3. The first-order valence-electron chi connectivity index (χ1n) is 11.9. The summed E-state index contributed by atoms with van der Waals surface area (Å²) in [5.41, 5.74) is 2.30. The van der Waals surface area contributed by atoms with Crippen molar-refractivity contribution in [3.63, 3.8) is 0 Å². The minimum atomic E-state index is -1.22. The molecule has 0 bridgehead atoms. The van der Waals surface area contributed by atoms with Crippen LogP contribution in [0.1, 0.15) is 21.6 Å². The van der Waals surface area contributed by atoms with Crippen LogP contribution in [0.5, 0.6) is 0 Å². The van der Waals surface area contributed by atoms with Gasteiger partial charge in [-0.1, -0.05) is 59.6 Å². The van der Waals surface area contributed by atoms with Gasteiger partial charge in [0.15, 0.2) is 0 Å². The lowest BCUT2D eigenvalue weighted by Crippen LogP contribution is -2.49.